The Kier molecular flexibility index (Phi) is 3.10. The van der Waals surface area contributed by atoms with Crippen molar-refractivity contribution < 1.29 is 0 Å². The summed E-state index contributed by atoms with van der Waals surface area (Å²) in [5.74, 6) is 1.10. The molecule has 0 nitrogen and oxygen atoms in total. The maximum Gasteiger partial charge on any atom is 0.0231 e. The molecule has 0 spiro atoms. The predicted molar refractivity (Wildman–Crippen MR) is 65.4 cm³/mol. The van der Waals surface area contributed by atoms with Crippen LogP contribution in [0.1, 0.15) is 18.1 Å². The van der Waals surface area contributed by atoms with Crippen molar-refractivity contribution in [3.63, 3.8) is 0 Å². The molecular weight excluding hydrogens is 188 g/mol. The van der Waals surface area contributed by atoms with Gasteiger partial charge in [0.2, 0.25) is 0 Å². The molecule has 0 fully saturated rings. The highest BCUT2D eigenvalue weighted by Gasteiger charge is 2.02. The van der Waals surface area contributed by atoms with Crippen LogP contribution >= 0.6 is 11.8 Å². The normalized spacial score (nSPS) is 15.4. The topological polar surface area (TPSA) is 0 Å². The molecule has 1 heterocycles. The van der Waals surface area contributed by atoms with Gasteiger partial charge in [0.05, 0.1) is 0 Å². The molecule has 1 aromatic carbocycles. The maximum atomic E-state index is 2.23. The van der Waals surface area contributed by atoms with E-state index < -0.39 is 0 Å². The molecule has 2 rings (SSSR count). The van der Waals surface area contributed by atoms with E-state index in [4.69, 9.17) is 0 Å². The lowest BCUT2D eigenvalue weighted by molar-refractivity contribution is 1.14. The molecule has 0 N–H and O–H groups in total. The number of thioether (sulfide) groups is 1. The summed E-state index contributed by atoms with van der Waals surface area (Å²) in [6, 6.07) is 8.90. The number of aryl methyl sites for hydroxylation is 1. The number of hydrogen-bond donors (Lipinski definition) is 0. The molecule has 0 saturated heterocycles. The first-order chi connectivity index (χ1) is 6.90. The van der Waals surface area contributed by atoms with Gasteiger partial charge in [0.15, 0.2) is 0 Å². The van der Waals surface area contributed by atoms with Crippen molar-refractivity contribution in [3.8, 4) is 0 Å². The number of rotatable bonds is 2. The summed E-state index contributed by atoms with van der Waals surface area (Å²) in [5, 5.41) is 2.14. The molecular formula is C13H14S. The highest BCUT2D eigenvalue weighted by Crippen LogP contribution is 2.24. The van der Waals surface area contributed by atoms with Crippen molar-refractivity contribution in [2.75, 3.05) is 5.75 Å². The molecule has 0 bridgehead atoms. The van der Waals surface area contributed by atoms with Gasteiger partial charge in [-0.05, 0) is 28.5 Å². The first-order valence-corrected chi connectivity index (χ1v) is 6.01. The van der Waals surface area contributed by atoms with Crippen LogP contribution in [-0.4, -0.2) is 5.75 Å². The Bertz CT molecular complexity index is 357. The van der Waals surface area contributed by atoms with Gasteiger partial charge in [0.25, 0.3) is 0 Å². The van der Waals surface area contributed by atoms with Gasteiger partial charge in [-0.25, -0.2) is 0 Å². The number of benzene rings is 1. The average Bonchev–Trinajstić information content (AvgIpc) is 2.30. The molecule has 1 aliphatic rings. The van der Waals surface area contributed by atoms with E-state index in [1.807, 2.05) is 11.8 Å². The van der Waals surface area contributed by atoms with Crippen molar-refractivity contribution in [2.24, 2.45) is 0 Å². The molecule has 72 valence electrons. The first kappa shape index (κ1) is 9.60. The Morgan fingerprint density at radius 3 is 2.57 bits per heavy atom. The number of hydrogen-bond acceptors (Lipinski definition) is 1. The van der Waals surface area contributed by atoms with E-state index in [-0.39, 0.29) is 0 Å². The van der Waals surface area contributed by atoms with E-state index in [0.29, 0.717) is 0 Å². The molecule has 0 radical (unpaired) electrons. The lowest BCUT2D eigenvalue weighted by atomic mass is 10.0. The lowest BCUT2D eigenvalue weighted by Gasteiger charge is -2.09. The SMILES string of the molecule is CCc1ccc(C2=CC=CSC2)cc1. The van der Waals surface area contributed by atoms with Crippen LogP contribution < -0.4 is 0 Å². The second kappa shape index (κ2) is 4.52. The molecule has 1 aromatic rings. The van der Waals surface area contributed by atoms with Crippen LogP contribution in [0, 0.1) is 0 Å². The van der Waals surface area contributed by atoms with Crippen molar-refractivity contribution in [1.82, 2.24) is 0 Å². The van der Waals surface area contributed by atoms with E-state index in [2.05, 4.69) is 48.7 Å². The van der Waals surface area contributed by atoms with Crippen molar-refractivity contribution in [1.29, 1.82) is 0 Å². The fourth-order valence-electron chi connectivity index (χ4n) is 1.53. The molecule has 0 atom stereocenters. The smallest absolute Gasteiger partial charge is 0.0231 e. The minimum atomic E-state index is 1.10. The maximum absolute atomic E-state index is 2.23. The molecule has 0 unspecified atom stereocenters. The summed E-state index contributed by atoms with van der Waals surface area (Å²) in [4.78, 5) is 0. The standard InChI is InChI=1S/C13H14S/c1-2-11-5-7-12(8-6-11)13-4-3-9-14-10-13/h3-9H,2,10H2,1H3. The average molecular weight is 202 g/mol. The largest absolute Gasteiger partial charge is 0.129 e. The van der Waals surface area contributed by atoms with Crippen LogP contribution in [0.2, 0.25) is 0 Å². The van der Waals surface area contributed by atoms with E-state index in [9.17, 15) is 0 Å². The quantitative estimate of drug-likeness (QED) is 0.701. The number of allylic oxidation sites excluding steroid dienone is 2. The van der Waals surface area contributed by atoms with Crippen molar-refractivity contribution in [3.05, 3.63) is 53.0 Å². The molecule has 0 saturated carbocycles. The Morgan fingerprint density at radius 2 is 2.00 bits per heavy atom. The van der Waals surface area contributed by atoms with E-state index in [1.165, 1.54) is 16.7 Å². The minimum absolute atomic E-state index is 1.10. The van der Waals surface area contributed by atoms with Gasteiger partial charge >= 0.3 is 0 Å². The van der Waals surface area contributed by atoms with Crippen molar-refractivity contribution >= 4 is 17.3 Å². The summed E-state index contributed by atoms with van der Waals surface area (Å²) in [7, 11) is 0. The second-order valence-corrected chi connectivity index (χ2v) is 4.28. The molecule has 0 amide bonds. The van der Waals surface area contributed by atoms with Gasteiger partial charge in [-0.1, -0.05) is 43.3 Å². The zero-order valence-electron chi connectivity index (χ0n) is 8.36. The molecule has 1 aliphatic heterocycles. The van der Waals surface area contributed by atoms with Gasteiger partial charge in [-0.2, -0.15) is 0 Å². The van der Waals surface area contributed by atoms with Crippen molar-refractivity contribution in [2.45, 2.75) is 13.3 Å². The lowest BCUT2D eigenvalue weighted by Crippen LogP contribution is -1.90. The van der Waals surface area contributed by atoms with Gasteiger partial charge in [0.1, 0.15) is 0 Å². The van der Waals surface area contributed by atoms with Gasteiger partial charge < -0.3 is 0 Å². The van der Waals surface area contributed by atoms with Gasteiger partial charge in [-0.3, -0.25) is 0 Å². The Labute approximate surface area is 89.7 Å². The third-order valence-electron chi connectivity index (χ3n) is 2.44. The fourth-order valence-corrected chi connectivity index (χ4v) is 2.26. The van der Waals surface area contributed by atoms with Crippen LogP contribution in [0.4, 0.5) is 0 Å². The van der Waals surface area contributed by atoms with Crippen LogP contribution in [0.25, 0.3) is 5.57 Å². The minimum Gasteiger partial charge on any atom is -0.129 e. The molecule has 0 aromatic heterocycles. The molecule has 14 heavy (non-hydrogen) atoms. The molecule has 1 heteroatoms. The van der Waals surface area contributed by atoms with Crippen LogP contribution in [0.5, 0.6) is 0 Å². The van der Waals surface area contributed by atoms with Gasteiger partial charge in [-0.15, -0.1) is 11.8 Å². The summed E-state index contributed by atoms with van der Waals surface area (Å²) in [5.41, 5.74) is 4.20. The van der Waals surface area contributed by atoms with E-state index >= 15 is 0 Å². The first-order valence-electron chi connectivity index (χ1n) is 4.97. The summed E-state index contributed by atoms with van der Waals surface area (Å²) < 4.78 is 0. The third-order valence-corrected chi connectivity index (χ3v) is 3.27. The van der Waals surface area contributed by atoms with Crippen LogP contribution in [-0.2, 0) is 6.42 Å². The summed E-state index contributed by atoms with van der Waals surface area (Å²) in [6.07, 6.45) is 5.45. The van der Waals surface area contributed by atoms with Crippen LogP contribution in [0.15, 0.2) is 41.8 Å². The predicted octanol–water partition coefficient (Wildman–Crippen LogP) is 3.89. The summed E-state index contributed by atoms with van der Waals surface area (Å²) >= 11 is 1.86. The Hall–Kier alpha value is -0.950. The fraction of sp³-hybridized carbons (Fsp3) is 0.231. The summed E-state index contributed by atoms with van der Waals surface area (Å²) in [6.45, 7) is 2.19. The van der Waals surface area contributed by atoms with Gasteiger partial charge in [0, 0.05) is 5.75 Å². The monoisotopic (exact) mass is 202 g/mol. The Morgan fingerprint density at radius 1 is 1.21 bits per heavy atom. The highest BCUT2D eigenvalue weighted by molar-refractivity contribution is 8.02. The van der Waals surface area contributed by atoms with Crippen LogP contribution in [0.3, 0.4) is 0 Å². The highest BCUT2D eigenvalue weighted by atomic mass is 32.2. The third kappa shape index (κ3) is 2.10. The zero-order valence-corrected chi connectivity index (χ0v) is 9.18. The zero-order chi connectivity index (χ0) is 9.80. The second-order valence-electron chi connectivity index (χ2n) is 3.38. The van der Waals surface area contributed by atoms with E-state index in [1.54, 1.807) is 0 Å². The van der Waals surface area contributed by atoms with E-state index in [0.717, 1.165) is 12.2 Å². The molecule has 0 aliphatic carbocycles. The Balaban J connectivity index is 2.24.